The summed E-state index contributed by atoms with van der Waals surface area (Å²) in [6.45, 7) is 5.30. The summed E-state index contributed by atoms with van der Waals surface area (Å²) >= 11 is 0. The maximum absolute atomic E-state index is 11.4. The van der Waals surface area contributed by atoms with E-state index in [0.717, 1.165) is 0 Å². The molecule has 0 fully saturated rings. The van der Waals surface area contributed by atoms with Crippen molar-refractivity contribution in [2.45, 2.75) is 26.3 Å². The molecule has 0 spiro atoms. The molecule has 1 aromatic rings. The van der Waals surface area contributed by atoms with Gasteiger partial charge in [0.25, 0.3) is 0 Å². The fourth-order valence-electron chi connectivity index (χ4n) is 1.21. The Balaban J connectivity index is 2.55. The number of phenolic OH excluding ortho intramolecular Hbond substituents is 1. The zero-order valence-electron chi connectivity index (χ0n) is 11.1. The van der Waals surface area contributed by atoms with Crippen LogP contribution in [0.15, 0.2) is 29.4 Å². The molecule has 3 N–H and O–H groups in total. The van der Waals surface area contributed by atoms with Crippen LogP contribution in [0, 0.1) is 0 Å². The summed E-state index contributed by atoms with van der Waals surface area (Å²) in [6, 6.07) is 6.51. The Kier molecular flexibility index (Phi) is 4.63. The third-order valence-corrected chi connectivity index (χ3v) is 2.00. The Morgan fingerprint density at radius 1 is 1.21 bits per heavy atom. The number of hydrogen-bond acceptors (Lipinski definition) is 4. The predicted octanol–water partition coefficient (Wildman–Crippen LogP) is 0.757. The highest BCUT2D eigenvalue weighted by Gasteiger charge is 2.19. The van der Waals surface area contributed by atoms with E-state index < -0.39 is 17.4 Å². The van der Waals surface area contributed by atoms with Crippen molar-refractivity contribution >= 4 is 18.0 Å². The molecule has 0 aliphatic heterocycles. The molecule has 102 valence electrons. The monoisotopic (exact) mass is 263 g/mol. The number of carbonyl (C=O) groups excluding carboxylic acids is 2. The summed E-state index contributed by atoms with van der Waals surface area (Å²) in [5.41, 5.74) is 2.04. The number of hydrazone groups is 1. The fourth-order valence-corrected chi connectivity index (χ4v) is 1.21. The second-order valence-corrected chi connectivity index (χ2v) is 4.96. The lowest BCUT2D eigenvalue weighted by Crippen LogP contribution is -2.47. The van der Waals surface area contributed by atoms with E-state index >= 15 is 0 Å². The zero-order valence-corrected chi connectivity index (χ0v) is 11.1. The van der Waals surface area contributed by atoms with E-state index in [-0.39, 0.29) is 5.75 Å². The van der Waals surface area contributed by atoms with E-state index in [1.54, 1.807) is 39.0 Å². The largest absolute Gasteiger partial charge is 0.507 e. The highest BCUT2D eigenvalue weighted by Crippen LogP contribution is 2.12. The predicted molar refractivity (Wildman–Crippen MR) is 71.7 cm³/mol. The van der Waals surface area contributed by atoms with Crippen LogP contribution in [-0.4, -0.2) is 28.7 Å². The van der Waals surface area contributed by atoms with Gasteiger partial charge in [-0.05, 0) is 32.9 Å². The van der Waals surface area contributed by atoms with E-state index in [1.807, 2.05) is 0 Å². The van der Waals surface area contributed by atoms with Crippen LogP contribution in [-0.2, 0) is 9.59 Å². The Bertz CT molecular complexity index is 504. The fraction of sp³-hybridized carbons (Fsp3) is 0.308. The molecule has 0 saturated carbocycles. The first-order valence-electron chi connectivity index (χ1n) is 5.73. The SMILES string of the molecule is CC(C)(C)NC(=O)C(=O)N/N=C\c1ccccc1O. The number of carbonyl (C=O) groups is 2. The van der Waals surface area contributed by atoms with Gasteiger partial charge in [0.05, 0.1) is 6.21 Å². The summed E-state index contributed by atoms with van der Waals surface area (Å²) in [7, 11) is 0. The first kappa shape index (κ1) is 14.7. The van der Waals surface area contributed by atoms with Crippen LogP contribution in [0.5, 0.6) is 5.75 Å². The third-order valence-electron chi connectivity index (χ3n) is 2.00. The van der Waals surface area contributed by atoms with Crippen molar-refractivity contribution in [2.75, 3.05) is 0 Å². The van der Waals surface area contributed by atoms with Crippen LogP contribution in [0.1, 0.15) is 26.3 Å². The van der Waals surface area contributed by atoms with E-state index in [9.17, 15) is 14.7 Å². The molecule has 0 aliphatic carbocycles. The quantitative estimate of drug-likeness (QED) is 0.418. The van der Waals surface area contributed by atoms with E-state index in [1.165, 1.54) is 12.3 Å². The first-order chi connectivity index (χ1) is 8.79. The molecule has 6 heteroatoms. The van der Waals surface area contributed by atoms with Gasteiger partial charge in [-0.25, -0.2) is 5.43 Å². The minimum Gasteiger partial charge on any atom is -0.507 e. The van der Waals surface area contributed by atoms with Crippen molar-refractivity contribution in [3.05, 3.63) is 29.8 Å². The van der Waals surface area contributed by atoms with Gasteiger partial charge in [-0.2, -0.15) is 5.10 Å². The molecule has 0 aliphatic rings. The highest BCUT2D eigenvalue weighted by atomic mass is 16.3. The molecule has 1 aromatic carbocycles. The summed E-state index contributed by atoms with van der Waals surface area (Å²) in [4.78, 5) is 22.8. The normalized spacial score (nSPS) is 11.3. The molecule has 0 bridgehead atoms. The number of aromatic hydroxyl groups is 1. The van der Waals surface area contributed by atoms with Gasteiger partial charge in [0, 0.05) is 11.1 Å². The molecule has 1 rings (SSSR count). The number of phenols is 1. The molecule has 0 unspecified atom stereocenters. The van der Waals surface area contributed by atoms with Crippen LogP contribution in [0.25, 0.3) is 0 Å². The first-order valence-corrected chi connectivity index (χ1v) is 5.73. The van der Waals surface area contributed by atoms with Crippen molar-refractivity contribution in [1.82, 2.24) is 10.7 Å². The van der Waals surface area contributed by atoms with Crippen molar-refractivity contribution in [2.24, 2.45) is 5.10 Å². The second kappa shape index (κ2) is 5.99. The number of hydrogen-bond donors (Lipinski definition) is 3. The van der Waals surface area contributed by atoms with Gasteiger partial charge < -0.3 is 10.4 Å². The minimum atomic E-state index is -0.860. The van der Waals surface area contributed by atoms with Crippen LogP contribution in [0.4, 0.5) is 0 Å². The molecular weight excluding hydrogens is 246 g/mol. The number of rotatable bonds is 2. The number of nitrogens with zero attached hydrogens (tertiary/aromatic N) is 1. The van der Waals surface area contributed by atoms with Gasteiger partial charge in [0.15, 0.2) is 0 Å². The lowest BCUT2D eigenvalue weighted by atomic mass is 10.1. The Labute approximate surface area is 111 Å². The van der Waals surface area contributed by atoms with Crippen molar-refractivity contribution in [3.8, 4) is 5.75 Å². The lowest BCUT2D eigenvalue weighted by Gasteiger charge is -2.19. The van der Waals surface area contributed by atoms with E-state index in [4.69, 9.17) is 0 Å². The van der Waals surface area contributed by atoms with E-state index in [2.05, 4.69) is 15.8 Å². The summed E-state index contributed by atoms with van der Waals surface area (Å²) in [5.74, 6) is -1.58. The Morgan fingerprint density at radius 3 is 2.42 bits per heavy atom. The molecule has 0 atom stereocenters. The number of para-hydroxylation sites is 1. The van der Waals surface area contributed by atoms with Crippen LogP contribution < -0.4 is 10.7 Å². The molecule has 0 radical (unpaired) electrons. The minimum absolute atomic E-state index is 0.0413. The average molecular weight is 263 g/mol. The molecule has 0 heterocycles. The van der Waals surface area contributed by atoms with E-state index in [0.29, 0.717) is 5.56 Å². The number of amides is 2. The lowest BCUT2D eigenvalue weighted by molar-refractivity contribution is -0.140. The Morgan fingerprint density at radius 2 is 1.84 bits per heavy atom. The van der Waals surface area contributed by atoms with Gasteiger partial charge in [-0.3, -0.25) is 9.59 Å². The molecule has 2 amide bonds. The smallest absolute Gasteiger partial charge is 0.329 e. The van der Waals surface area contributed by atoms with Crippen LogP contribution >= 0.6 is 0 Å². The molecule has 6 nitrogen and oxygen atoms in total. The maximum Gasteiger partial charge on any atom is 0.329 e. The zero-order chi connectivity index (χ0) is 14.5. The summed E-state index contributed by atoms with van der Waals surface area (Å²) in [6.07, 6.45) is 1.26. The molecule has 0 aromatic heterocycles. The van der Waals surface area contributed by atoms with Crippen molar-refractivity contribution < 1.29 is 14.7 Å². The van der Waals surface area contributed by atoms with Crippen LogP contribution in [0.3, 0.4) is 0 Å². The standard InChI is InChI=1S/C13H17N3O3/c1-13(2,3)15-11(18)12(19)16-14-8-9-6-4-5-7-10(9)17/h4-8,17H,1-3H3,(H,15,18)(H,16,19)/b14-8-. The van der Waals surface area contributed by atoms with Crippen LogP contribution in [0.2, 0.25) is 0 Å². The van der Waals surface area contributed by atoms with Crippen molar-refractivity contribution in [1.29, 1.82) is 0 Å². The number of benzene rings is 1. The second-order valence-electron chi connectivity index (χ2n) is 4.96. The van der Waals surface area contributed by atoms with Gasteiger partial charge in [0.1, 0.15) is 5.75 Å². The van der Waals surface area contributed by atoms with Gasteiger partial charge in [0.2, 0.25) is 0 Å². The summed E-state index contributed by atoms with van der Waals surface area (Å²) in [5, 5.41) is 15.6. The van der Waals surface area contributed by atoms with Gasteiger partial charge in [-0.1, -0.05) is 12.1 Å². The summed E-state index contributed by atoms with van der Waals surface area (Å²) < 4.78 is 0. The molecule has 0 saturated heterocycles. The average Bonchev–Trinajstić information content (AvgIpc) is 2.29. The van der Waals surface area contributed by atoms with Gasteiger partial charge >= 0.3 is 11.8 Å². The maximum atomic E-state index is 11.4. The molecular formula is C13H17N3O3. The van der Waals surface area contributed by atoms with Crippen molar-refractivity contribution in [3.63, 3.8) is 0 Å². The topological polar surface area (TPSA) is 90.8 Å². The van der Waals surface area contributed by atoms with Gasteiger partial charge in [-0.15, -0.1) is 0 Å². The third kappa shape index (κ3) is 5.20. The molecule has 19 heavy (non-hydrogen) atoms. The Hall–Kier alpha value is -2.37. The highest BCUT2D eigenvalue weighted by molar-refractivity contribution is 6.35. The number of nitrogens with one attached hydrogen (secondary N) is 2.